The predicted octanol–water partition coefficient (Wildman–Crippen LogP) is -1.16. The third kappa shape index (κ3) is 3.36. The Morgan fingerprint density at radius 3 is 2.27 bits per heavy atom. The predicted molar refractivity (Wildman–Crippen MR) is 55.4 cm³/mol. The number of carboxylic acid groups (broad SMARTS) is 1. The average Bonchev–Trinajstić information content (AvgIpc) is 2.17. The van der Waals surface area contributed by atoms with E-state index < -0.39 is 19.1 Å². The van der Waals surface area contributed by atoms with Crippen molar-refractivity contribution in [3.8, 4) is 0 Å². The van der Waals surface area contributed by atoms with E-state index >= 15 is 0 Å². The Morgan fingerprint density at radius 1 is 1.33 bits per heavy atom. The molecule has 1 atom stereocenters. The van der Waals surface area contributed by atoms with E-state index in [9.17, 15) is 4.79 Å². The maximum Gasteiger partial charge on any atom is 0.488 e. The summed E-state index contributed by atoms with van der Waals surface area (Å²) in [4.78, 5) is 10.4. The van der Waals surface area contributed by atoms with Gasteiger partial charge in [-0.3, -0.25) is 4.79 Å². The van der Waals surface area contributed by atoms with Crippen LogP contribution in [0.2, 0.25) is 0 Å². The third-order valence-corrected chi connectivity index (χ3v) is 2.06. The van der Waals surface area contributed by atoms with Crippen molar-refractivity contribution >= 4 is 18.6 Å². The van der Waals surface area contributed by atoms with E-state index in [1.807, 2.05) is 0 Å². The van der Waals surface area contributed by atoms with Gasteiger partial charge in [0.15, 0.2) is 0 Å². The summed E-state index contributed by atoms with van der Waals surface area (Å²) in [6, 6.07) is 5.60. The van der Waals surface area contributed by atoms with Crippen molar-refractivity contribution < 1.29 is 19.9 Å². The van der Waals surface area contributed by atoms with E-state index in [0.717, 1.165) is 0 Å². The molecule has 1 aromatic carbocycles. The molecule has 0 aromatic heterocycles. The van der Waals surface area contributed by atoms with Crippen LogP contribution in [0.1, 0.15) is 18.0 Å². The first kappa shape index (κ1) is 11.7. The normalized spacial score (nSPS) is 12.2. The Morgan fingerprint density at radius 2 is 1.87 bits per heavy atom. The fourth-order valence-corrected chi connectivity index (χ4v) is 1.22. The van der Waals surface area contributed by atoms with Gasteiger partial charge in [-0.25, -0.2) is 0 Å². The smallest absolute Gasteiger partial charge is 0.481 e. The van der Waals surface area contributed by atoms with Crippen molar-refractivity contribution in [2.24, 2.45) is 5.73 Å². The molecule has 0 fully saturated rings. The van der Waals surface area contributed by atoms with Gasteiger partial charge in [-0.15, -0.1) is 0 Å². The minimum Gasteiger partial charge on any atom is -0.481 e. The number of rotatable bonds is 4. The number of nitrogens with two attached hydrogens (primary N) is 1. The molecule has 0 radical (unpaired) electrons. The quantitative estimate of drug-likeness (QED) is 0.468. The van der Waals surface area contributed by atoms with Gasteiger partial charge in [0, 0.05) is 6.04 Å². The molecular formula is C9H12BNO4. The first-order chi connectivity index (χ1) is 7.00. The van der Waals surface area contributed by atoms with Gasteiger partial charge in [0.1, 0.15) is 0 Å². The van der Waals surface area contributed by atoms with E-state index in [4.69, 9.17) is 20.9 Å². The summed E-state index contributed by atoms with van der Waals surface area (Å²) in [5, 5.41) is 26.2. The monoisotopic (exact) mass is 209 g/mol. The lowest BCUT2D eigenvalue weighted by Gasteiger charge is -2.09. The molecule has 0 heterocycles. The van der Waals surface area contributed by atoms with Crippen LogP contribution in [0, 0.1) is 0 Å². The molecule has 0 saturated carbocycles. The fraction of sp³-hybridized carbons (Fsp3) is 0.222. The van der Waals surface area contributed by atoms with Crippen molar-refractivity contribution in [2.75, 3.05) is 0 Å². The van der Waals surface area contributed by atoms with Crippen molar-refractivity contribution in [1.29, 1.82) is 0 Å². The molecule has 5 N–H and O–H groups in total. The van der Waals surface area contributed by atoms with Crippen LogP contribution in [0.5, 0.6) is 0 Å². The average molecular weight is 209 g/mol. The molecule has 0 aliphatic carbocycles. The summed E-state index contributed by atoms with van der Waals surface area (Å²) in [6.45, 7) is 0. The van der Waals surface area contributed by atoms with Crippen LogP contribution in [0.25, 0.3) is 0 Å². The zero-order valence-electron chi connectivity index (χ0n) is 8.00. The van der Waals surface area contributed by atoms with E-state index in [1.54, 1.807) is 12.1 Å². The summed E-state index contributed by atoms with van der Waals surface area (Å²) < 4.78 is 0. The molecule has 0 amide bonds. The highest BCUT2D eigenvalue weighted by molar-refractivity contribution is 6.58. The number of carboxylic acids is 1. The number of carbonyl (C=O) groups is 1. The zero-order chi connectivity index (χ0) is 11.4. The SMILES string of the molecule is NC(CC(=O)O)c1ccc(B(O)O)cc1. The maximum absolute atomic E-state index is 10.4. The minimum absolute atomic E-state index is 0.152. The number of hydrogen-bond acceptors (Lipinski definition) is 4. The van der Waals surface area contributed by atoms with Crippen molar-refractivity contribution in [3.63, 3.8) is 0 Å². The topological polar surface area (TPSA) is 104 Å². The van der Waals surface area contributed by atoms with E-state index in [0.29, 0.717) is 11.0 Å². The molecular weight excluding hydrogens is 197 g/mol. The lowest BCUT2D eigenvalue weighted by Crippen LogP contribution is -2.29. The van der Waals surface area contributed by atoms with Crippen LogP contribution in [-0.2, 0) is 4.79 Å². The number of aliphatic carboxylic acids is 1. The van der Waals surface area contributed by atoms with Gasteiger partial charge in [0.2, 0.25) is 0 Å². The zero-order valence-corrected chi connectivity index (χ0v) is 8.00. The van der Waals surface area contributed by atoms with Crippen LogP contribution in [0.15, 0.2) is 24.3 Å². The first-order valence-electron chi connectivity index (χ1n) is 4.44. The highest BCUT2D eigenvalue weighted by Crippen LogP contribution is 2.12. The second kappa shape index (κ2) is 4.93. The Bertz CT molecular complexity index is 338. The Balaban J connectivity index is 2.75. The van der Waals surface area contributed by atoms with Crippen LogP contribution in [-0.4, -0.2) is 28.2 Å². The van der Waals surface area contributed by atoms with Gasteiger partial charge in [0.25, 0.3) is 0 Å². The van der Waals surface area contributed by atoms with Crippen molar-refractivity contribution in [2.45, 2.75) is 12.5 Å². The second-order valence-corrected chi connectivity index (χ2v) is 3.24. The number of benzene rings is 1. The molecule has 6 heteroatoms. The molecule has 1 rings (SSSR count). The molecule has 0 aliphatic rings. The van der Waals surface area contributed by atoms with Gasteiger partial charge >= 0.3 is 13.1 Å². The molecule has 0 saturated heterocycles. The van der Waals surface area contributed by atoms with Crippen LogP contribution >= 0.6 is 0 Å². The molecule has 0 spiro atoms. The van der Waals surface area contributed by atoms with Crippen LogP contribution in [0.4, 0.5) is 0 Å². The molecule has 15 heavy (non-hydrogen) atoms. The van der Waals surface area contributed by atoms with E-state index in [1.165, 1.54) is 12.1 Å². The highest BCUT2D eigenvalue weighted by Gasteiger charge is 2.13. The van der Waals surface area contributed by atoms with Gasteiger partial charge < -0.3 is 20.9 Å². The van der Waals surface area contributed by atoms with Gasteiger partial charge in [-0.1, -0.05) is 24.3 Å². The molecule has 80 valence electrons. The largest absolute Gasteiger partial charge is 0.488 e. The summed E-state index contributed by atoms with van der Waals surface area (Å²) in [5.41, 5.74) is 6.62. The first-order valence-corrected chi connectivity index (χ1v) is 4.44. The van der Waals surface area contributed by atoms with Crippen LogP contribution in [0.3, 0.4) is 0 Å². The summed E-state index contributed by atoms with van der Waals surface area (Å²) in [7, 11) is -1.52. The Kier molecular flexibility index (Phi) is 3.84. The Hall–Kier alpha value is -1.37. The molecule has 1 unspecified atom stereocenters. The van der Waals surface area contributed by atoms with Gasteiger partial charge in [-0.2, -0.15) is 0 Å². The van der Waals surface area contributed by atoms with Crippen molar-refractivity contribution in [1.82, 2.24) is 0 Å². The molecule has 5 nitrogen and oxygen atoms in total. The maximum atomic E-state index is 10.4. The Labute approximate surface area is 87.3 Å². The highest BCUT2D eigenvalue weighted by atomic mass is 16.4. The standard InChI is InChI=1S/C9H12BNO4/c11-8(5-9(12)13)6-1-3-7(4-2-6)10(14)15/h1-4,8,14-15H,5,11H2,(H,12,13). The fourth-order valence-electron chi connectivity index (χ4n) is 1.22. The van der Waals surface area contributed by atoms with Crippen LogP contribution < -0.4 is 11.2 Å². The van der Waals surface area contributed by atoms with E-state index in [-0.39, 0.29) is 6.42 Å². The third-order valence-electron chi connectivity index (χ3n) is 2.06. The number of hydrogen-bond donors (Lipinski definition) is 4. The minimum atomic E-state index is -1.52. The van der Waals surface area contributed by atoms with E-state index in [2.05, 4.69) is 0 Å². The molecule has 0 aliphatic heterocycles. The van der Waals surface area contributed by atoms with Gasteiger partial charge in [-0.05, 0) is 11.0 Å². The summed E-state index contributed by atoms with van der Waals surface area (Å²) in [6.07, 6.45) is -0.152. The lowest BCUT2D eigenvalue weighted by atomic mass is 9.80. The lowest BCUT2D eigenvalue weighted by molar-refractivity contribution is -0.137. The molecule has 0 bridgehead atoms. The molecule has 1 aromatic rings. The van der Waals surface area contributed by atoms with Gasteiger partial charge in [0.05, 0.1) is 6.42 Å². The summed E-state index contributed by atoms with van der Waals surface area (Å²) in [5.74, 6) is -0.964. The summed E-state index contributed by atoms with van der Waals surface area (Å²) >= 11 is 0. The van der Waals surface area contributed by atoms with Crippen molar-refractivity contribution in [3.05, 3.63) is 29.8 Å². The second-order valence-electron chi connectivity index (χ2n) is 3.24.